The third-order valence-corrected chi connectivity index (χ3v) is 4.87. The predicted octanol–water partition coefficient (Wildman–Crippen LogP) is 6.54. The molecule has 4 rings (SSSR count). The highest BCUT2D eigenvalue weighted by molar-refractivity contribution is 6.05. The van der Waals surface area contributed by atoms with Crippen LogP contribution in [0.3, 0.4) is 0 Å². The Morgan fingerprint density at radius 2 is 1.73 bits per heavy atom. The molecule has 0 saturated heterocycles. The number of allylic oxidation sites excluding steroid dienone is 1. The molecular formula is C26H23NO3. The van der Waals surface area contributed by atoms with Gasteiger partial charge in [-0.1, -0.05) is 48.5 Å². The molecule has 4 nitrogen and oxygen atoms in total. The van der Waals surface area contributed by atoms with E-state index in [4.69, 9.17) is 9.15 Å². The SMILES string of the molecule is CCOc1cc2occ(-c3ccccc3)c2cc1/C(C)=C/C(=O)Nc1ccccc1. The van der Waals surface area contributed by atoms with Gasteiger partial charge in [-0.3, -0.25) is 4.79 Å². The Morgan fingerprint density at radius 3 is 2.43 bits per heavy atom. The summed E-state index contributed by atoms with van der Waals surface area (Å²) in [5.41, 5.74) is 5.28. The normalized spacial score (nSPS) is 11.5. The minimum atomic E-state index is -0.184. The summed E-state index contributed by atoms with van der Waals surface area (Å²) in [6, 6.07) is 23.4. The molecule has 0 radical (unpaired) electrons. The second-order valence-corrected chi connectivity index (χ2v) is 6.98. The summed E-state index contributed by atoms with van der Waals surface area (Å²) < 4.78 is 11.7. The molecule has 4 aromatic rings. The van der Waals surface area contributed by atoms with Gasteiger partial charge < -0.3 is 14.5 Å². The summed E-state index contributed by atoms with van der Waals surface area (Å²) in [4.78, 5) is 12.5. The Balaban J connectivity index is 1.74. The van der Waals surface area contributed by atoms with Gasteiger partial charge in [-0.25, -0.2) is 0 Å². The highest BCUT2D eigenvalue weighted by atomic mass is 16.5. The molecule has 3 aromatic carbocycles. The Bertz CT molecular complexity index is 1190. The van der Waals surface area contributed by atoms with Crippen LogP contribution >= 0.6 is 0 Å². The van der Waals surface area contributed by atoms with Crippen molar-refractivity contribution in [3.05, 3.63) is 90.7 Å². The first-order valence-corrected chi connectivity index (χ1v) is 9.94. The minimum absolute atomic E-state index is 0.184. The lowest BCUT2D eigenvalue weighted by atomic mass is 9.99. The Morgan fingerprint density at radius 1 is 1.03 bits per heavy atom. The van der Waals surface area contributed by atoms with Crippen LogP contribution in [0.1, 0.15) is 19.4 Å². The van der Waals surface area contributed by atoms with E-state index in [2.05, 4.69) is 17.4 Å². The molecule has 1 N–H and O–H groups in total. The fourth-order valence-corrected chi connectivity index (χ4v) is 3.45. The maximum absolute atomic E-state index is 12.5. The van der Waals surface area contributed by atoms with Gasteiger partial charge in [0.2, 0.25) is 5.91 Å². The smallest absolute Gasteiger partial charge is 0.248 e. The van der Waals surface area contributed by atoms with Crippen LogP contribution in [0.15, 0.2) is 89.6 Å². The number of furan rings is 1. The summed E-state index contributed by atoms with van der Waals surface area (Å²) in [6.45, 7) is 4.37. The highest BCUT2D eigenvalue weighted by Gasteiger charge is 2.15. The largest absolute Gasteiger partial charge is 0.493 e. The zero-order valence-electron chi connectivity index (χ0n) is 17.0. The molecule has 0 saturated carbocycles. The maximum Gasteiger partial charge on any atom is 0.248 e. The Labute approximate surface area is 175 Å². The molecule has 0 aliphatic rings. The van der Waals surface area contributed by atoms with E-state index in [0.717, 1.165) is 38.9 Å². The second kappa shape index (κ2) is 8.70. The molecule has 150 valence electrons. The van der Waals surface area contributed by atoms with Crippen LogP contribution in [-0.2, 0) is 4.79 Å². The van der Waals surface area contributed by atoms with Crippen LogP contribution in [0.4, 0.5) is 5.69 Å². The lowest BCUT2D eigenvalue weighted by Gasteiger charge is -2.12. The topological polar surface area (TPSA) is 51.5 Å². The molecule has 0 atom stereocenters. The lowest BCUT2D eigenvalue weighted by Crippen LogP contribution is -2.08. The fraction of sp³-hybridized carbons (Fsp3) is 0.115. The van der Waals surface area contributed by atoms with Crippen molar-refractivity contribution in [2.45, 2.75) is 13.8 Å². The van der Waals surface area contributed by atoms with Crippen molar-refractivity contribution >= 4 is 28.1 Å². The molecule has 30 heavy (non-hydrogen) atoms. The van der Waals surface area contributed by atoms with Crippen LogP contribution in [0.2, 0.25) is 0 Å². The maximum atomic E-state index is 12.5. The van der Waals surface area contributed by atoms with Crippen LogP contribution in [0.5, 0.6) is 5.75 Å². The number of fused-ring (bicyclic) bond motifs is 1. The van der Waals surface area contributed by atoms with Crippen LogP contribution < -0.4 is 10.1 Å². The number of rotatable bonds is 6. The average molecular weight is 397 g/mol. The number of benzene rings is 3. The average Bonchev–Trinajstić information content (AvgIpc) is 3.17. The highest BCUT2D eigenvalue weighted by Crippen LogP contribution is 2.37. The van der Waals surface area contributed by atoms with Gasteiger partial charge in [-0.2, -0.15) is 0 Å². The van der Waals surface area contributed by atoms with Gasteiger partial charge in [0.1, 0.15) is 11.3 Å². The van der Waals surface area contributed by atoms with Gasteiger partial charge in [-0.05, 0) is 43.2 Å². The number of para-hydroxylation sites is 1. The van der Waals surface area contributed by atoms with E-state index < -0.39 is 0 Å². The van der Waals surface area contributed by atoms with Crippen LogP contribution in [-0.4, -0.2) is 12.5 Å². The van der Waals surface area contributed by atoms with Crippen molar-refractivity contribution in [3.63, 3.8) is 0 Å². The lowest BCUT2D eigenvalue weighted by molar-refractivity contribution is -0.111. The van der Waals surface area contributed by atoms with Crippen LogP contribution in [0, 0.1) is 0 Å². The first-order chi connectivity index (χ1) is 14.7. The molecule has 1 heterocycles. The second-order valence-electron chi connectivity index (χ2n) is 6.98. The number of carbonyl (C=O) groups is 1. The number of amides is 1. The monoisotopic (exact) mass is 397 g/mol. The quantitative estimate of drug-likeness (QED) is 0.376. The molecular weight excluding hydrogens is 374 g/mol. The van der Waals surface area contributed by atoms with Crippen LogP contribution in [0.25, 0.3) is 27.7 Å². The van der Waals surface area contributed by atoms with Gasteiger partial charge in [0.05, 0.1) is 12.9 Å². The minimum Gasteiger partial charge on any atom is -0.493 e. The number of nitrogens with one attached hydrogen (secondary N) is 1. The fourth-order valence-electron chi connectivity index (χ4n) is 3.45. The van der Waals surface area contributed by atoms with Crippen molar-refractivity contribution in [2.75, 3.05) is 11.9 Å². The molecule has 0 spiro atoms. The van der Waals surface area contributed by atoms with Crippen molar-refractivity contribution in [1.82, 2.24) is 0 Å². The van der Waals surface area contributed by atoms with E-state index in [1.54, 1.807) is 12.3 Å². The van der Waals surface area contributed by atoms with E-state index >= 15 is 0 Å². The number of ether oxygens (including phenoxy) is 1. The Hall–Kier alpha value is -3.79. The first kappa shape index (κ1) is 19.5. The number of carbonyl (C=O) groups excluding carboxylic acids is 1. The van der Waals surface area contributed by atoms with E-state index in [0.29, 0.717) is 12.4 Å². The molecule has 4 heteroatoms. The third kappa shape index (κ3) is 4.13. The zero-order valence-corrected chi connectivity index (χ0v) is 17.0. The van der Waals surface area contributed by atoms with Crippen molar-refractivity contribution in [3.8, 4) is 16.9 Å². The van der Waals surface area contributed by atoms with E-state index in [9.17, 15) is 4.79 Å². The third-order valence-electron chi connectivity index (χ3n) is 4.87. The molecule has 0 aliphatic carbocycles. The van der Waals surface area contributed by atoms with E-state index in [1.165, 1.54) is 0 Å². The first-order valence-electron chi connectivity index (χ1n) is 9.94. The molecule has 1 aromatic heterocycles. The summed E-state index contributed by atoms with van der Waals surface area (Å²) in [5.74, 6) is 0.511. The molecule has 0 aliphatic heterocycles. The van der Waals surface area contributed by atoms with Crippen molar-refractivity contribution < 1.29 is 13.9 Å². The summed E-state index contributed by atoms with van der Waals surface area (Å²) in [7, 11) is 0. The predicted molar refractivity (Wildman–Crippen MR) is 122 cm³/mol. The van der Waals surface area contributed by atoms with Crippen molar-refractivity contribution in [2.24, 2.45) is 0 Å². The van der Waals surface area contributed by atoms with Gasteiger partial charge in [0, 0.05) is 34.3 Å². The van der Waals surface area contributed by atoms with Gasteiger partial charge in [0.15, 0.2) is 0 Å². The number of anilines is 1. The summed E-state index contributed by atoms with van der Waals surface area (Å²) >= 11 is 0. The summed E-state index contributed by atoms with van der Waals surface area (Å²) in [5, 5.41) is 3.87. The molecule has 0 bridgehead atoms. The number of hydrogen-bond acceptors (Lipinski definition) is 3. The standard InChI is InChI=1S/C26H23NO3/c1-3-29-24-16-25-22(23(17-30-25)19-10-6-4-7-11-19)15-21(24)18(2)14-26(28)27-20-12-8-5-9-13-20/h4-17H,3H2,1-2H3,(H,27,28)/b18-14+. The van der Waals surface area contributed by atoms with E-state index in [1.807, 2.05) is 74.5 Å². The van der Waals surface area contributed by atoms with Gasteiger partial charge >= 0.3 is 0 Å². The van der Waals surface area contributed by atoms with E-state index in [-0.39, 0.29) is 5.91 Å². The zero-order chi connectivity index (χ0) is 20.9. The molecule has 0 fully saturated rings. The Kier molecular flexibility index (Phi) is 5.66. The van der Waals surface area contributed by atoms with Gasteiger partial charge in [-0.15, -0.1) is 0 Å². The molecule has 1 amide bonds. The summed E-state index contributed by atoms with van der Waals surface area (Å²) in [6.07, 6.45) is 3.36. The number of hydrogen-bond donors (Lipinski definition) is 1. The van der Waals surface area contributed by atoms with Crippen molar-refractivity contribution in [1.29, 1.82) is 0 Å². The van der Waals surface area contributed by atoms with Gasteiger partial charge in [0.25, 0.3) is 0 Å². The molecule has 0 unspecified atom stereocenters.